The summed E-state index contributed by atoms with van der Waals surface area (Å²) < 4.78 is 5.51. The van der Waals surface area contributed by atoms with Gasteiger partial charge in [-0.1, -0.05) is 56.0 Å². The molecule has 6 heteroatoms. The third-order valence-electron chi connectivity index (χ3n) is 7.88. The van der Waals surface area contributed by atoms with Crippen LogP contribution in [-0.4, -0.2) is 34.3 Å². The Hall–Kier alpha value is -2.47. The molecule has 1 amide bonds. The maximum absolute atomic E-state index is 13.8. The van der Waals surface area contributed by atoms with Gasteiger partial charge in [-0.05, 0) is 50.2 Å². The molecule has 1 N–H and O–H groups in total. The molecule has 2 unspecified atom stereocenters. The average molecular weight is 449 g/mol. The van der Waals surface area contributed by atoms with E-state index in [2.05, 4.69) is 50.7 Å². The molecular weight excluding hydrogens is 412 g/mol. The molecule has 1 aliphatic heterocycles. The van der Waals surface area contributed by atoms with Crippen molar-refractivity contribution in [2.45, 2.75) is 88.9 Å². The number of hydrogen-bond donors (Lipinski definition) is 1. The van der Waals surface area contributed by atoms with E-state index in [1.807, 2.05) is 6.07 Å². The summed E-state index contributed by atoms with van der Waals surface area (Å²) in [6.45, 7) is 0.624. The lowest BCUT2D eigenvalue weighted by Gasteiger charge is -2.35. The van der Waals surface area contributed by atoms with E-state index in [-0.39, 0.29) is 18.1 Å². The zero-order valence-corrected chi connectivity index (χ0v) is 19.7. The fourth-order valence-corrected chi connectivity index (χ4v) is 5.75. The van der Waals surface area contributed by atoms with E-state index < -0.39 is 0 Å². The topological polar surface area (TPSA) is 67.4 Å². The first-order chi connectivity index (χ1) is 16.2. The first-order valence-corrected chi connectivity index (χ1v) is 12.8. The number of amides is 1. The zero-order chi connectivity index (χ0) is 22.6. The first kappa shape index (κ1) is 22.3. The molecule has 33 heavy (non-hydrogen) atoms. The lowest BCUT2D eigenvalue weighted by molar-refractivity contribution is -0.140. The van der Waals surface area contributed by atoms with Gasteiger partial charge in [0.1, 0.15) is 0 Å². The molecule has 1 saturated heterocycles. The van der Waals surface area contributed by atoms with E-state index in [9.17, 15) is 4.79 Å². The summed E-state index contributed by atoms with van der Waals surface area (Å²) in [5.41, 5.74) is 3.34. The van der Waals surface area contributed by atoms with Gasteiger partial charge in [-0.15, -0.1) is 5.10 Å². The van der Waals surface area contributed by atoms with E-state index in [0.29, 0.717) is 24.2 Å². The van der Waals surface area contributed by atoms with Crippen molar-refractivity contribution in [3.05, 3.63) is 53.2 Å². The van der Waals surface area contributed by atoms with Crippen LogP contribution in [0.15, 0.2) is 36.4 Å². The molecule has 0 spiro atoms. The van der Waals surface area contributed by atoms with Crippen molar-refractivity contribution in [3.63, 3.8) is 0 Å². The fourth-order valence-electron chi connectivity index (χ4n) is 5.75. The van der Waals surface area contributed by atoms with Gasteiger partial charge >= 0.3 is 0 Å². The molecular formula is C27H36N4O2. The third kappa shape index (κ3) is 4.77. The van der Waals surface area contributed by atoms with E-state index in [1.54, 1.807) is 7.11 Å². The Morgan fingerprint density at radius 1 is 1.00 bits per heavy atom. The fraction of sp³-hybridized carbons (Fsp3) is 0.593. The van der Waals surface area contributed by atoms with Crippen molar-refractivity contribution in [1.82, 2.24) is 20.4 Å². The summed E-state index contributed by atoms with van der Waals surface area (Å²) >= 11 is 0. The third-order valence-corrected chi connectivity index (χ3v) is 7.88. The Bertz CT molecular complexity index is 940. The van der Waals surface area contributed by atoms with Crippen LogP contribution in [0.5, 0.6) is 5.88 Å². The maximum Gasteiger partial charge on any atom is 0.237 e. The van der Waals surface area contributed by atoms with Gasteiger partial charge in [-0.25, -0.2) is 0 Å². The summed E-state index contributed by atoms with van der Waals surface area (Å²) in [4.78, 5) is 15.9. The van der Waals surface area contributed by atoms with Gasteiger partial charge in [0.2, 0.25) is 11.8 Å². The Balaban J connectivity index is 1.35. The largest absolute Gasteiger partial charge is 0.480 e. The van der Waals surface area contributed by atoms with Crippen LogP contribution in [0.1, 0.15) is 93.0 Å². The van der Waals surface area contributed by atoms with Crippen LogP contribution in [0, 0.1) is 5.92 Å². The summed E-state index contributed by atoms with van der Waals surface area (Å²) in [7, 11) is 1.65. The van der Waals surface area contributed by atoms with Crippen LogP contribution >= 0.6 is 0 Å². The van der Waals surface area contributed by atoms with Crippen LogP contribution in [0.3, 0.4) is 0 Å². The highest BCUT2D eigenvalue weighted by Gasteiger charge is 2.40. The highest BCUT2D eigenvalue weighted by molar-refractivity contribution is 5.80. The predicted molar refractivity (Wildman–Crippen MR) is 128 cm³/mol. The van der Waals surface area contributed by atoms with Gasteiger partial charge in [0.15, 0.2) is 0 Å². The SMILES string of the molecule is COc1nnc(C2CCC2)cc1CNC1CCC(c2ccccc2)N1C(=O)C1CCCCC1. The molecule has 0 bridgehead atoms. The molecule has 6 nitrogen and oxygen atoms in total. The Morgan fingerprint density at radius 3 is 2.48 bits per heavy atom. The van der Waals surface area contributed by atoms with Crippen molar-refractivity contribution >= 4 is 5.91 Å². The Labute approximate surface area is 197 Å². The second-order valence-electron chi connectivity index (χ2n) is 9.91. The van der Waals surface area contributed by atoms with Crippen molar-refractivity contribution in [3.8, 4) is 5.88 Å². The molecule has 176 valence electrons. The minimum atomic E-state index is 0.0228. The average Bonchev–Trinajstić information content (AvgIpc) is 3.26. The van der Waals surface area contributed by atoms with Crippen LogP contribution in [0.2, 0.25) is 0 Å². The normalized spacial score (nSPS) is 24.0. The molecule has 2 heterocycles. The summed E-state index contributed by atoms with van der Waals surface area (Å²) in [6.07, 6.45) is 11.3. The standard InChI is InChI=1S/C27H36N4O2/c1-33-26-22(17-23(29-30-26)19-13-8-14-19)18-28-25-16-15-24(20-9-4-2-5-10-20)31(25)27(32)21-11-6-3-7-12-21/h2,4-5,9-10,17,19,21,24-25,28H,3,6-8,11-16,18H2,1H3. The maximum atomic E-state index is 13.8. The second-order valence-corrected chi connectivity index (χ2v) is 9.91. The van der Waals surface area contributed by atoms with Crippen molar-refractivity contribution in [2.24, 2.45) is 5.92 Å². The van der Waals surface area contributed by atoms with Crippen LogP contribution in [-0.2, 0) is 11.3 Å². The van der Waals surface area contributed by atoms with Crippen LogP contribution in [0.25, 0.3) is 0 Å². The monoisotopic (exact) mass is 448 g/mol. The van der Waals surface area contributed by atoms with Crippen molar-refractivity contribution in [2.75, 3.05) is 7.11 Å². The van der Waals surface area contributed by atoms with Gasteiger partial charge in [0.25, 0.3) is 0 Å². The molecule has 2 aromatic rings. The van der Waals surface area contributed by atoms with Crippen molar-refractivity contribution < 1.29 is 9.53 Å². The number of benzene rings is 1. The number of nitrogens with zero attached hydrogens (tertiary/aromatic N) is 3. The number of methoxy groups -OCH3 is 1. The predicted octanol–water partition coefficient (Wildman–Crippen LogP) is 5.11. The first-order valence-electron chi connectivity index (χ1n) is 12.8. The number of carbonyl (C=O) groups excluding carboxylic acids is 1. The molecule has 2 aliphatic carbocycles. The minimum absolute atomic E-state index is 0.0228. The number of nitrogens with one attached hydrogen (secondary N) is 1. The number of ether oxygens (including phenoxy) is 1. The van der Waals surface area contributed by atoms with Gasteiger partial charge in [0.05, 0.1) is 25.0 Å². The zero-order valence-electron chi connectivity index (χ0n) is 19.7. The molecule has 0 radical (unpaired) electrons. The van der Waals surface area contributed by atoms with E-state index >= 15 is 0 Å². The molecule has 3 fully saturated rings. The molecule has 2 saturated carbocycles. The lowest BCUT2D eigenvalue weighted by Crippen LogP contribution is -2.48. The quantitative estimate of drug-likeness (QED) is 0.637. The molecule has 5 rings (SSSR count). The van der Waals surface area contributed by atoms with Gasteiger partial charge < -0.3 is 9.64 Å². The highest BCUT2D eigenvalue weighted by Crippen LogP contribution is 2.39. The van der Waals surface area contributed by atoms with Gasteiger partial charge in [-0.3, -0.25) is 10.1 Å². The Kier molecular flexibility index (Phi) is 6.91. The Morgan fingerprint density at radius 2 is 1.79 bits per heavy atom. The molecule has 1 aromatic heterocycles. The second kappa shape index (κ2) is 10.2. The summed E-state index contributed by atoms with van der Waals surface area (Å²) in [5, 5.41) is 12.4. The summed E-state index contributed by atoms with van der Waals surface area (Å²) in [6, 6.07) is 12.8. The number of likely N-dealkylation sites (tertiary alicyclic amines) is 1. The number of rotatable bonds is 7. The molecule has 1 aromatic carbocycles. The number of hydrogen-bond acceptors (Lipinski definition) is 5. The van der Waals surface area contributed by atoms with Crippen molar-refractivity contribution in [1.29, 1.82) is 0 Å². The minimum Gasteiger partial charge on any atom is -0.480 e. The van der Waals surface area contributed by atoms with E-state index in [0.717, 1.165) is 36.9 Å². The number of carbonyl (C=O) groups is 1. The number of aromatic nitrogens is 2. The molecule has 2 atom stereocenters. The lowest BCUT2D eigenvalue weighted by atomic mass is 9.82. The smallest absolute Gasteiger partial charge is 0.237 e. The van der Waals surface area contributed by atoms with Gasteiger partial charge in [-0.2, -0.15) is 5.10 Å². The summed E-state index contributed by atoms with van der Waals surface area (Å²) in [5.74, 6) is 1.59. The van der Waals surface area contributed by atoms with Crippen LogP contribution in [0.4, 0.5) is 0 Å². The molecule has 3 aliphatic rings. The van der Waals surface area contributed by atoms with Gasteiger partial charge in [0, 0.05) is 23.9 Å². The van der Waals surface area contributed by atoms with E-state index in [1.165, 1.54) is 44.1 Å². The highest BCUT2D eigenvalue weighted by atomic mass is 16.5. The van der Waals surface area contributed by atoms with Crippen LogP contribution < -0.4 is 10.1 Å². The van der Waals surface area contributed by atoms with E-state index in [4.69, 9.17) is 4.74 Å².